The van der Waals surface area contributed by atoms with Crippen LogP contribution >= 0.6 is 0 Å². The second kappa shape index (κ2) is 6.84. The summed E-state index contributed by atoms with van der Waals surface area (Å²) in [6.45, 7) is 3.61. The van der Waals surface area contributed by atoms with Crippen molar-refractivity contribution in [2.75, 3.05) is 18.4 Å². The number of fused-ring (bicyclic) bond motifs is 1. The topological polar surface area (TPSA) is 78.4 Å². The van der Waals surface area contributed by atoms with Crippen molar-refractivity contribution < 1.29 is 14.7 Å². The van der Waals surface area contributed by atoms with Gasteiger partial charge in [-0.25, -0.2) is 4.79 Å². The molecular weight excluding hydrogens is 304 g/mol. The van der Waals surface area contributed by atoms with Gasteiger partial charge in [0.15, 0.2) is 0 Å². The number of hydrogen-bond acceptors (Lipinski definition) is 3. The van der Waals surface area contributed by atoms with Gasteiger partial charge < -0.3 is 15.7 Å². The molecule has 0 aliphatic carbocycles. The van der Waals surface area contributed by atoms with Crippen molar-refractivity contribution in [3.63, 3.8) is 0 Å². The SMILES string of the molecule is Cc1cc(NC(=O)c2ccc3c(c2)CCNCC3)ccc1C(=O)O. The third kappa shape index (κ3) is 3.46. The highest BCUT2D eigenvalue weighted by atomic mass is 16.4. The summed E-state index contributed by atoms with van der Waals surface area (Å²) in [5.74, 6) is -1.15. The van der Waals surface area contributed by atoms with Crippen LogP contribution in [-0.4, -0.2) is 30.1 Å². The molecular formula is C19H20N2O3. The molecule has 0 spiro atoms. The van der Waals surface area contributed by atoms with E-state index in [0.717, 1.165) is 25.9 Å². The summed E-state index contributed by atoms with van der Waals surface area (Å²) in [6, 6.07) is 10.6. The normalized spacial score (nSPS) is 13.7. The van der Waals surface area contributed by atoms with Crippen LogP contribution in [0.2, 0.25) is 0 Å². The van der Waals surface area contributed by atoms with E-state index in [0.29, 0.717) is 16.8 Å². The maximum atomic E-state index is 12.5. The zero-order valence-corrected chi connectivity index (χ0v) is 13.6. The average Bonchev–Trinajstić information content (AvgIpc) is 2.79. The van der Waals surface area contributed by atoms with Gasteiger partial charge in [-0.1, -0.05) is 6.07 Å². The first kappa shape index (κ1) is 16.2. The molecule has 1 aliphatic rings. The largest absolute Gasteiger partial charge is 0.478 e. The van der Waals surface area contributed by atoms with Crippen LogP contribution in [0.3, 0.4) is 0 Å². The molecule has 3 rings (SSSR count). The number of nitrogens with one attached hydrogen (secondary N) is 2. The van der Waals surface area contributed by atoms with Crippen LogP contribution < -0.4 is 10.6 Å². The highest BCUT2D eigenvalue weighted by molar-refractivity contribution is 6.04. The summed E-state index contributed by atoms with van der Waals surface area (Å²) in [4.78, 5) is 23.5. The summed E-state index contributed by atoms with van der Waals surface area (Å²) in [5, 5.41) is 15.3. The fourth-order valence-corrected chi connectivity index (χ4v) is 3.00. The van der Waals surface area contributed by atoms with E-state index in [2.05, 4.69) is 10.6 Å². The van der Waals surface area contributed by atoms with Gasteiger partial charge in [-0.15, -0.1) is 0 Å². The molecule has 3 N–H and O–H groups in total. The van der Waals surface area contributed by atoms with Crippen molar-refractivity contribution in [1.29, 1.82) is 0 Å². The molecule has 2 aromatic rings. The first-order valence-corrected chi connectivity index (χ1v) is 8.02. The molecule has 124 valence electrons. The molecule has 1 aliphatic heterocycles. The van der Waals surface area contributed by atoms with Gasteiger partial charge in [0.05, 0.1) is 5.56 Å². The second-order valence-corrected chi connectivity index (χ2v) is 6.02. The predicted octanol–water partition coefficient (Wildman–Crippen LogP) is 2.63. The summed E-state index contributed by atoms with van der Waals surface area (Å²) in [6.07, 6.45) is 1.90. The van der Waals surface area contributed by atoms with Gasteiger partial charge in [0.25, 0.3) is 5.91 Å². The van der Waals surface area contributed by atoms with Crippen molar-refractivity contribution in [3.8, 4) is 0 Å². The molecule has 5 nitrogen and oxygen atoms in total. The summed E-state index contributed by atoms with van der Waals surface area (Å²) < 4.78 is 0. The molecule has 0 saturated heterocycles. The Labute approximate surface area is 140 Å². The number of anilines is 1. The number of amides is 1. The average molecular weight is 324 g/mol. The van der Waals surface area contributed by atoms with Crippen molar-refractivity contribution in [1.82, 2.24) is 5.32 Å². The summed E-state index contributed by atoms with van der Waals surface area (Å²) in [7, 11) is 0. The molecule has 24 heavy (non-hydrogen) atoms. The van der Waals surface area contributed by atoms with Crippen LogP contribution in [0.1, 0.15) is 37.4 Å². The van der Waals surface area contributed by atoms with E-state index in [4.69, 9.17) is 5.11 Å². The van der Waals surface area contributed by atoms with Crippen LogP contribution in [-0.2, 0) is 12.8 Å². The van der Waals surface area contributed by atoms with E-state index < -0.39 is 5.97 Å². The third-order valence-electron chi connectivity index (χ3n) is 4.33. The number of carboxylic acid groups (broad SMARTS) is 1. The highest BCUT2D eigenvalue weighted by Gasteiger charge is 2.13. The zero-order valence-electron chi connectivity index (χ0n) is 13.6. The minimum Gasteiger partial charge on any atom is -0.478 e. The molecule has 0 atom stereocenters. The lowest BCUT2D eigenvalue weighted by Crippen LogP contribution is -2.16. The molecule has 2 aromatic carbocycles. The number of carboxylic acids is 1. The molecule has 1 amide bonds. The lowest BCUT2D eigenvalue weighted by molar-refractivity contribution is 0.0696. The number of benzene rings is 2. The third-order valence-corrected chi connectivity index (χ3v) is 4.33. The van der Waals surface area contributed by atoms with E-state index in [1.165, 1.54) is 17.2 Å². The zero-order chi connectivity index (χ0) is 17.1. The fourth-order valence-electron chi connectivity index (χ4n) is 3.00. The number of carbonyl (C=O) groups excluding carboxylic acids is 1. The molecule has 5 heteroatoms. The number of aromatic carboxylic acids is 1. The van der Waals surface area contributed by atoms with Gasteiger partial charge >= 0.3 is 5.97 Å². The Morgan fingerprint density at radius 3 is 2.50 bits per heavy atom. The minimum atomic E-state index is -0.968. The number of carbonyl (C=O) groups is 2. The van der Waals surface area contributed by atoms with Crippen molar-refractivity contribution in [2.24, 2.45) is 0 Å². The Bertz CT molecular complexity index is 799. The predicted molar refractivity (Wildman–Crippen MR) is 92.8 cm³/mol. The Morgan fingerprint density at radius 2 is 1.79 bits per heavy atom. The van der Waals surface area contributed by atoms with Gasteiger partial charge in [-0.3, -0.25) is 4.79 Å². The van der Waals surface area contributed by atoms with Crippen molar-refractivity contribution >= 4 is 17.6 Å². The molecule has 0 saturated carbocycles. The lowest BCUT2D eigenvalue weighted by Gasteiger charge is -2.10. The van der Waals surface area contributed by atoms with Crippen LogP contribution in [0, 0.1) is 6.92 Å². The monoisotopic (exact) mass is 324 g/mol. The smallest absolute Gasteiger partial charge is 0.335 e. The van der Waals surface area contributed by atoms with Gasteiger partial charge in [-0.05, 0) is 79.9 Å². The Kier molecular flexibility index (Phi) is 4.62. The van der Waals surface area contributed by atoms with Gasteiger partial charge in [-0.2, -0.15) is 0 Å². The Morgan fingerprint density at radius 1 is 1.04 bits per heavy atom. The number of aryl methyl sites for hydroxylation is 1. The van der Waals surface area contributed by atoms with Crippen LogP contribution in [0.5, 0.6) is 0 Å². The Hall–Kier alpha value is -2.66. The van der Waals surface area contributed by atoms with E-state index >= 15 is 0 Å². The standard InChI is InChI=1S/C19H20N2O3/c1-12-10-16(4-5-17(12)19(23)24)21-18(22)15-3-2-13-6-8-20-9-7-14(13)11-15/h2-5,10-11,20H,6-9H2,1H3,(H,21,22)(H,23,24). The van der Waals surface area contributed by atoms with Crippen molar-refractivity contribution in [2.45, 2.75) is 19.8 Å². The van der Waals surface area contributed by atoms with E-state index in [9.17, 15) is 9.59 Å². The summed E-state index contributed by atoms with van der Waals surface area (Å²) >= 11 is 0. The van der Waals surface area contributed by atoms with E-state index in [1.807, 2.05) is 18.2 Å². The molecule has 0 fully saturated rings. The van der Waals surface area contributed by atoms with Crippen molar-refractivity contribution in [3.05, 3.63) is 64.2 Å². The van der Waals surface area contributed by atoms with E-state index in [-0.39, 0.29) is 11.5 Å². The summed E-state index contributed by atoms with van der Waals surface area (Å²) in [5.41, 5.74) is 4.58. The molecule has 0 radical (unpaired) electrons. The number of hydrogen-bond donors (Lipinski definition) is 3. The van der Waals surface area contributed by atoms with Crippen LogP contribution in [0.15, 0.2) is 36.4 Å². The molecule has 0 aromatic heterocycles. The fraction of sp³-hybridized carbons (Fsp3) is 0.263. The first-order chi connectivity index (χ1) is 11.5. The second-order valence-electron chi connectivity index (χ2n) is 6.02. The first-order valence-electron chi connectivity index (χ1n) is 8.02. The molecule has 0 bridgehead atoms. The van der Waals surface area contributed by atoms with E-state index in [1.54, 1.807) is 19.1 Å². The van der Waals surface area contributed by atoms with Gasteiger partial charge in [0.2, 0.25) is 0 Å². The molecule has 0 unspecified atom stereocenters. The maximum absolute atomic E-state index is 12.5. The maximum Gasteiger partial charge on any atom is 0.335 e. The van der Waals surface area contributed by atoms with Gasteiger partial charge in [0, 0.05) is 11.3 Å². The van der Waals surface area contributed by atoms with Gasteiger partial charge in [0.1, 0.15) is 0 Å². The Balaban J connectivity index is 1.79. The molecule has 1 heterocycles. The quantitative estimate of drug-likeness (QED) is 0.811. The van der Waals surface area contributed by atoms with Crippen LogP contribution in [0.4, 0.5) is 5.69 Å². The lowest BCUT2D eigenvalue weighted by atomic mass is 9.99. The number of rotatable bonds is 3. The highest BCUT2D eigenvalue weighted by Crippen LogP contribution is 2.19. The van der Waals surface area contributed by atoms with Crippen LogP contribution in [0.25, 0.3) is 0 Å². The minimum absolute atomic E-state index is 0.183.